The molecular formula is C5H3BF4N-. The highest BCUT2D eigenvalue weighted by Crippen LogP contribution is 2.09. The van der Waals surface area contributed by atoms with E-state index in [4.69, 9.17) is 0 Å². The van der Waals surface area contributed by atoms with Gasteiger partial charge in [0.2, 0.25) is 0 Å². The standard InChI is InChI=1S/C5H3BF4N/c7-5-4(6(8,9)10)2-1-3-11-5/h1-3H/q-1. The number of halogens is 4. The van der Waals surface area contributed by atoms with Crippen LogP contribution in [0, 0.1) is 5.95 Å². The summed E-state index contributed by atoms with van der Waals surface area (Å²) in [5.74, 6) is -1.46. The summed E-state index contributed by atoms with van der Waals surface area (Å²) in [6.07, 6.45) is 0.973. The fourth-order valence-corrected chi connectivity index (χ4v) is 0.643. The van der Waals surface area contributed by atoms with Gasteiger partial charge >= 0.3 is 6.98 Å². The molecule has 0 aliphatic carbocycles. The molecule has 0 aliphatic rings. The van der Waals surface area contributed by atoms with E-state index < -0.39 is 18.4 Å². The summed E-state index contributed by atoms with van der Waals surface area (Å²) in [4.78, 5) is 2.87. The first-order chi connectivity index (χ1) is 5.02. The molecule has 0 fully saturated rings. The van der Waals surface area contributed by atoms with Gasteiger partial charge in [-0.3, -0.25) is 0 Å². The molecule has 0 saturated heterocycles. The van der Waals surface area contributed by atoms with E-state index >= 15 is 0 Å². The SMILES string of the molecule is Fc1ncccc1[B-](F)(F)F. The summed E-state index contributed by atoms with van der Waals surface area (Å²) in [5.41, 5.74) is -1.27. The van der Waals surface area contributed by atoms with Crippen LogP contribution >= 0.6 is 0 Å². The Balaban J connectivity index is 3.14. The lowest BCUT2D eigenvalue weighted by Crippen LogP contribution is -2.37. The Morgan fingerprint density at radius 1 is 1.27 bits per heavy atom. The van der Waals surface area contributed by atoms with Crippen LogP contribution in [0.2, 0.25) is 0 Å². The number of hydrogen-bond donors (Lipinski definition) is 0. The average Bonchev–Trinajstić information content (AvgIpc) is 1.86. The minimum atomic E-state index is -5.27. The van der Waals surface area contributed by atoms with Crippen LogP contribution in [0.25, 0.3) is 0 Å². The Hall–Kier alpha value is -1.07. The quantitative estimate of drug-likeness (QED) is 0.346. The highest BCUT2D eigenvalue weighted by Gasteiger charge is 2.28. The van der Waals surface area contributed by atoms with E-state index in [0.717, 1.165) is 12.3 Å². The van der Waals surface area contributed by atoms with Crippen LogP contribution in [0.4, 0.5) is 17.3 Å². The largest absolute Gasteiger partial charge is 0.514 e. The Morgan fingerprint density at radius 3 is 2.27 bits per heavy atom. The first-order valence-corrected chi connectivity index (χ1v) is 2.82. The first-order valence-electron chi connectivity index (χ1n) is 2.82. The van der Waals surface area contributed by atoms with E-state index in [-0.39, 0.29) is 0 Å². The minimum absolute atomic E-state index is 0.669. The molecule has 0 atom stereocenters. The molecule has 11 heavy (non-hydrogen) atoms. The third-order valence-electron chi connectivity index (χ3n) is 1.14. The molecule has 0 aliphatic heterocycles. The van der Waals surface area contributed by atoms with Crippen LogP contribution in [-0.2, 0) is 0 Å². The molecule has 0 spiro atoms. The van der Waals surface area contributed by atoms with E-state index in [2.05, 4.69) is 4.98 Å². The second kappa shape index (κ2) is 2.52. The lowest BCUT2D eigenvalue weighted by Gasteiger charge is -2.13. The maximum atomic E-state index is 12.3. The van der Waals surface area contributed by atoms with E-state index in [9.17, 15) is 17.3 Å². The highest BCUT2D eigenvalue weighted by atomic mass is 19.4. The Kier molecular flexibility index (Phi) is 1.84. The summed E-state index contributed by atoms with van der Waals surface area (Å²) < 4.78 is 47.8. The van der Waals surface area contributed by atoms with Crippen molar-refractivity contribution in [1.82, 2.24) is 4.98 Å². The second-order valence-electron chi connectivity index (χ2n) is 1.96. The Labute approximate surface area is 60.1 Å². The Morgan fingerprint density at radius 2 is 1.91 bits per heavy atom. The number of hydrogen-bond acceptors (Lipinski definition) is 1. The molecule has 6 heteroatoms. The molecule has 0 N–H and O–H groups in total. The van der Waals surface area contributed by atoms with Gasteiger partial charge in [-0.15, -0.1) is 0 Å². The smallest absolute Gasteiger partial charge is 0.445 e. The van der Waals surface area contributed by atoms with Gasteiger partial charge in [-0.25, -0.2) is 4.98 Å². The van der Waals surface area contributed by atoms with E-state index in [1.807, 2.05) is 0 Å². The molecule has 60 valence electrons. The van der Waals surface area contributed by atoms with Gasteiger partial charge in [0, 0.05) is 6.20 Å². The maximum Gasteiger partial charge on any atom is 0.514 e. The molecule has 1 rings (SSSR count). The molecule has 1 aromatic rings. The van der Waals surface area contributed by atoms with Gasteiger partial charge in [-0.2, -0.15) is 4.39 Å². The fraction of sp³-hybridized carbons (Fsp3) is 0. The van der Waals surface area contributed by atoms with Gasteiger partial charge in [-0.1, -0.05) is 11.5 Å². The van der Waals surface area contributed by atoms with Crippen molar-refractivity contribution in [2.45, 2.75) is 0 Å². The van der Waals surface area contributed by atoms with Gasteiger partial charge in [-0.05, 0) is 6.07 Å². The lowest BCUT2D eigenvalue weighted by molar-refractivity contribution is 0.490. The number of aromatic nitrogens is 1. The van der Waals surface area contributed by atoms with Crippen LogP contribution in [-0.4, -0.2) is 12.0 Å². The zero-order valence-electron chi connectivity index (χ0n) is 5.27. The summed E-state index contributed by atoms with van der Waals surface area (Å²) in [7, 11) is 0. The van der Waals surface area contributed by atoms with E-state index in [1.165, 1.54) is 0 Å². The van der Waals surface area contributed by atoms with Crippen molar-refractivity contribution < 1.29 is 17.3 Å². The van der Waals surface area contributed by atoms with Crippen LogP contribution in [0.1, 0.15) is 0 Å². The average molecular weight is 164 g/mol. The third kappa shape index (κ3) is 1.69. The fourth-order valence-electron chi connectivity index (χ4n) is 0.643. The highest BCUT2D eigenvalue weighted by molar-refractivity contribution is 6.73. The first kappa shape index (κ1) is 8.04. The molecular weight excluding hydrogens is 161 g/mol. The molecule has 0 radical (unpaired) electrons. The maximum absolute atomic E-state index is 12.3. The van der Waals surface area contributed by atoms with Gasteiger partial charge in [0.05, 0.1) is 0 Å². The van der Waals surface area contributed by atoms with Crippen molar-refractivity contribution in [2.24, 2.45) is 0 Å². The second-order valence-corrected chi connectivity index (χ2v) is 1.96. The minimum Gasteiger partial charge on any atom is -0.445 e. The number of rotatable bonds is 1. The van der Waals surface area contributed by atoms with E-state index in [0.29, 0.717) is 6.07 Å². The normalized spacial score (nSPS) is 11.6. The van der Waals surface area contributed by atoms with Crippen molar-refractivity contribution in [3.8, 4) is 0 Å². The molecule has 0 unspecified atom stereocenters. The molecule has 1 heterocycles. The molecule has 1 aromatic heterocycles. The monoisotopic (exact) mass is 164 g/mol. The van der Waals surface area contributed by atoms with Gasteiger partial charge < -0.3 is 12.9 Å². The van der Waals surface area contributed by atoms with Gasteiger partial charge in [0.25, 0.3) is 0 Å². The summed E-state index contributed by atoms with van der Waals surface area (Å²) in [5, 5.41) is 0. The number of pyridine rings is 1. The number of nitrogens with zero attached hydrogens (tertiary/aromatic N) is 1. The lowest BCUT2D eigenvalue weighted by atomic mass is 9.81. The topological polar surface area (TPSA) is 12.9 Å². The van der Waals surface area contributed by atoms with Gasteiger partial charge in [0.1, 0.15) is 0 Å². The summed E-state index contributed by atoms with van der Waals surface area (Å²) >= 11 is 0. The van der Waals surface area contributed by atoms with Gasteiger partial charge in [0.15, 0.2) is 5.95 Å². The molecule has 0 amide bonds. The molecule has 1 nitrogen and oxygen atoms in total. The van der Waals surface area contributed by atoms with Crippen LogP contribution in [0.15, 0.2) is 18.3 Å². The van der Waals surface area contributed by atoms with Crippen molar-refractivity contribution in [2.75, 3.05) is 0 Å². The molecule has 0 bridgehead atoms. The van der Waals surface area contributed by atoms with Crippen LogP contribution in [0.3, 0.4) is 0 Å². The van der Waals surface area contributed by atoms with Crippen molar-refractivity contribution in [1.29, 1.82) is 0 Å². The molecule has 0 aromatic carbocycles. The predicted molar refractivity (Wildman–Crippen MR) is 32.9 cm³/mol. The zero-order valence-corrected chi connectivity index (χ0v) is 5.27. The molecule has 0 saturated carbocycles. The van der Waals surface area contributed by atoms with Crippen molar-refractivity contribution in [3.05, 3.63) is 24.3 Å². The zero-order chi connectivity index (χ0) is 8.48. The summed E-state index contributed by atoms with van der Waals surface area (Å²) in [6, 6.07) is 1.72. The van der Waals surface area contributed by atoms with E-state index in [1.54, 1.807) is 0 Å². The third-order valence-corrected chi connectivity index (χ3v) is 1.14. The Bertz CT molecular complexity index is 259. The van der Waals surface area contributed by atoms with Crippen LogP contribution in [0.5, 0.6) is 0 Å². The predicted octanol–water partition coefficient (Wildman–Crippen LogP) is 1.28. The van der Waals surface area contributed by atoms with Crippen molar-refractivity contribution in [3.63, 3.8) is 0 Å². The van der Waals surface area contributed by atoms with Crippen molar-refractivity contribution >= 4 is 12.4 Å². The summed E-state index contributed by atoms with van der Waals surface area (Å²) in [6.45, 7) is -5.27. The van der Waals surface area contributed by atoms with Crippen LogP contribution < -0.4 is 5.46 Å².